The van der Waals surface area contributed by atoms with E-state index in [0.717, 1.165) is 4.90 Å². The van der Waals surface area contributed by atoms with Gasteiger partial charge in [-0.15, -0.1) is 0 Å². The maximum Gasteiger partial charge on any atom is 0.323 e. The summed E-state index contributed by atoms with van der Waals surface area (Å²) >= 11 is 12.5. The number of ether oxygens (including phenoxy) is 1. The van der Waals surface area contributed by atoms with Crippen LogP contribution < -0.4 is 9.64 Å². The summed E-state index contributed by atoms with van der Waals surface area (Å²) in [4.78, 5) is 23.1. The van der Waals surface area contributed by atoms with Crippen molar-refractivity contribution in [3.05, 3.63) is 45.9 Å². The molecule has 0 unspecified atom stereocenters. The first kappa shape index (κ1) is 21.7. The van der Waals surface area contributed by atoms with Crippen LogP contribution in [0.4, 0.5) is 5.69 Å². The zero-order valence-electron chi connectivity index (χ0n) is 15.1. The lowest BCUT2D eigenvalue weighted by Gasteiger charge is -2.23. The summed E-state index contributed by atoms with van der Waals surface area (Å²) in [5.41, 5.74) is 0.864. The lowest BCUT2D eigenvalue weighted by atomic mass is 10.0. The van der Waals surface area contributed by atoms with Crippen LogP contribution in [0.25, 0.3) is 0 Å². The van der Waals surface area contributed by atoms with Crippen LogP contribution in [0.3, 0.4) is 0 Å². The Bertz CT molecular complexity index is 884. The molecule has 3 N–H and O–H groups in total. The smallest absolute Gasteiger partial charge is 0.323 e. The third-order valence-corrected chi connectivity index (χ3v) is 4.72. The number of carboxylic acid groups (broad SMARTS) is 2. The first-order chi connectivity index (χ1) is 13.1. The molecule has 0 bridgehead atoms. The molecule has 0 spiro atoms. The quantitative estimate of drug-likeness (QED) is 0.565. The first-order valence-electron chi connectivity index (χ1n) is 8.27. The average Bonchev–Trinajstić information content (AvgIpc) is 2.59. The Morgan fingerprint density at radius 3 is 2.18 bits per heavy atom. The van der Waals surface area contributed by atoms with E-state index in [1.54, 1.807) is 12.1 Å². The predicted octanol–water partition coefficient (Wildman–Crippen LogP) is 4.59. The molecule has 0 fully saturated rings. The van der Waals surface area contributed by atoms with Crippen LogP contribution in [0.2, 0.25) is 10.0 Å². The van der Waals surface area contributed by atoms with Crippen LogP contribution >= 0.6 is 23.2 Å². The highest BCUT2D eigenvalue weighted by Crippen LogP contribution is 2.41. The van der Waals surface area contributed by atoms with Crippen LogP contribution in [0.15, 0.2) is 30.3 Å². The van der Waals surface area contributed by atoms with E-state index in [4.69, 9.17) is 38.2 Å². The molecule has 7 nitrogen and oxygen atoms in total. The van der Waals surface area contributed by atoms with E-state index < -0.39 is 25.0 Å². The molecular formula is C19H19Cl2NO6. The summed E-state index contributed by atoms with van der Waals surface area (Å²) in [6.45, 7) is 2.74. The highest BCUT2D eigenvalue weighted by Gasteiger charge is 2.21. The van der Waals surface area contributed by atoms with Crippen molar-refractivity contribution >= 4 is 40.8 Å². The first-order valence-corrected chi connectivity index (χ1v) is 9.03. The molecule has 2 aromatic carbocycles. The molecule has 28 heavy (non-hydrogen) atoms. The number of hydrogen-bond acceptors (Lipinski definition) is 5. The van der Waals surface area contributed by atoms with Gasteiger partial charge < -0.3 is 25.0 Å². The molecule has 150 valence electrons. The van der Waals surface area contributed by atoms with Crippen molar-refractivity contribution in [3.8, 4) is 17.2 Å². The number of hydrogen-bond donors (Lipinski definition) is 3. The fourth-order valence-electron chi connectivity index (χ4n) is 2.58. The number of carboxylic acids is 2. The number of aromatic hydroxyl groups is 1. The van der Waals surface area contributed by atoms with Crippen molar-refractivity contribution in [2.75, 3.05) is 18.0 Å². The summed E-state index contributed by atoms with van der Waals surface area (Å²) < 4.78 is 5.75. The topological polar surface area (TPSA) is 107 Å². The normalized spacial score (nSPS) is 10.8. The fraction of sp³-hybridized carbons (Fsp3) is 0.263. The van der Waals surface area contributed by atoms with Gasteiger partial charge in [-0.2, -0.15) is 0 Å². The highest BCUT2D eigenvalue weighted by atomic mass is 35.5. The number of rotatable bonds is 8. The van der Waals surface area contributed by atoms with Crippen molar-refractivity contribution in [1.29, 1.82) is 0 Å². The largest absolute Gasteiger partial charge is 0.508 e. The van der Waals surface area contributed by atoms with E-state index in [0.29, 0.717) is 11.3 Å². The lowest BCUT2D eigenvalue weighted by molar-refractivity contribution is -0.136. The molecule has 9 heteroatoms. The highest BCUT2D eigenvalue weighted by molar-refractivity contribution is 6.44. The Morgan fingerprint density at radius 2 is 1.64 bits per heavy atom. The van der Waals surface area contributed by atoms with Crippen LogP contribution in [0.1, 0.15) is 25.3 Å². The van der Waals surface area contributed by atoms with Gasteiger partial charge in [0.05, 0.1) is 10.7 Å². The molecular weight excluding hydrogens is 409 g/mol. The van der Waals surface area contributed by atoms with Crippen LogP contribution in [0, 0.1) is 0 Å². The Balaban J connectivity index is 2.36. The van der Waals surface area contributed by atoms with Gasteiger partial charge in [0.25, 0.3) is 0 Å². The number of phenolic OH excluding ortho intramolecular Hbond substituents is 1. The van der Waals surface area contributed by atoms with Crippen LogP contribution in [0.5, 0.6) is 17.2 Å². The second kappa shape index (κ2) is 9.03. The van der Waals surface area contributed by atoms with Gasteiger partial charge in [0.2, 0.25) is 0 Å². The van der Waals surface area contributed by atoms with Crippen molar-refractivity contribution in [3.63, 3.8) is 0 Å². The van der Waals surface area contributed by atoms with Gasteiger partial charge in [-0.1, -0.05) is 37.0 Å². The SMILES string of the molecule is CC(C)c1cc(Oc2ccc(N(CC(=O)O)CC(=O)O)c(Cl)c2Cl)ccc1O. The molecule has 0 amide bonds. The number of anilines is 1. The van der Waals surface area contributed by atoms with Gasteiger partial charge in [-0.3, -0.25) is 9.59 Å². The van der Waals surface area contributed by atoms with E-state index in [9.17, 15) is 14.7 Å². The second-order valence-corrected chi connectivity index (χ2v) is 7.09. The Kier molecular flexibility index (Phi) is 6.99. The Hall–Kier alpha value is -2.64. The Morgan fingerprint density at radius 1 is 1.04 bits per heavy atom. The van der Waals surface area contributed by atoms with E-state index in [2.05, 4.69) is 0 Å². The van der Waals surface area contributed by atoms with Gasteiger partial charge in [0.1, 0.15) is 35.4 Å². The summed E-state index contributed by atoms with van der Waals surface area (Å²) in [6.07, 6.45) is 0. The third-order valence-electron chi connectivity index (χ3n) is 3.87. The van der Waals surface area contributed by atoms with Crippen molar-refractivity contribution in [2.24, 2.45) is 0 Å². The minimum atomic E-state index is -1.21. The van der Waals surface area contributed by atoms with E-state index >= 15 is 0 Å². The second-order valence-electron chi connectivity index (χ2n) is 6.33. The van der Waals surface area contributed by atoms with Gasteiger partial charge in [-0.05, 0) is 36.2 Å². The standard InChI is InChI=1S/C19H19Cl2NO6/c1-10(2)12-7-11(3-5-14(12)23)28-15-6-4-13(18(20)19(15)21)22(8-16(24)25)9-17(26)27/h3-7,10,23H,8-9H2,1-2H3,(H,24,25)(H,26,27). The number of halogens is 2. The minimum Gasteiger partial charge on any atom is -0.508 e. The maximum atomic E-state index is 11.0. The van der Waals surface area contributed by atoms with Gasteiger partial charge >= 0.3 is 11.9 Å². The fourth-order valence-corrected chi connectivity index (χ4v) is 3.06. The average molecular weight is 428 g/mol. The van der Waals surface area contributed by atoms with Crippen LogP contribution in [-0.4, -0.2) is 40.3 Å². The molecule has 0 heterocycles. The predicted molar refractivity (Wildman–Crippen MR) is 106 cm³/mol. The van der Waals surface area contributed by atoms with Gasteiger partial charge in [-0.25, -0.2) is 0 Å². The molecule has 0 radical (unpaired) electrons. The lowest BCUT2D eigenvalue weighted by Crippen LogP contribution is -2.34. The maximum absolute atomic E-state index is 11.0. The number of phenols is 1. The zero-order chi connectivity index (χ0) is 21.0. The van der Waals surface area contributed by atoms with E-state index in [-0.39, 0.29) is 33.1 Å². The summed E-state index contributed by atoms with van der Waals surface area (Å²) in [6, 6.07) is 7.68. The van der Waals surface area contributed by atoms with Gasteiger partial charge in [0.15, 0.2) is 0 Å². The Labute approximate surface area is 171 Å². The molecule has 2 rings (SSSR count). The van der Waals surface area contributed by atoms with Gasteiger partial charge in [0, 0.05) is 5.56 Å². The number of benzene rings is 2. The molecule has 0 aliphatic rings. The summed E-state index contributed by atoms with van der Waals surface area (Å²) in [7, 11) is 0. The van der Waals surface area contributed by atoms with E-state index in [1.165, 1.54) is 18.2 Å². The molecule has 0 saturated heterocycles. The third kappa shape index (κ3) is 5.21. The summed E-state index contributed by atoms with van der Waals surface area (Å²) in [5.74, 6) is -1.55. The molecule has 0 saturated carbocycles. The van der Waals surface area contributed by atoms with Crippen molar-refractivity contribution in [1.82, 2.24) is 0 Å². The minimum absolute atomic E-state index is 0.0131. The number of carbonyl (C=O) groups is 2. The monoisotopic (exact) mass is 427 g/mol. The zero-order valence-corrected chi connectivity index (χ0v) is 16.7. The van der Waals surface area contributed by atoms with Crippen molar-refractivity contribution < 1.29 is 29.6 Å². The van der Waals surface area contributed by atoms with E-state index in [1.807, 2.05) is 13.8 Å². The molecule has 0 aliphatic carbocycles. The van der Waals surface area contributed by atoms with Crippen molar-refractivity contribution in [2.45, 2.75) is 19.8 Å². The molecule has 0 aliphatic heterocycles. The number of nitrogens with zero attached hydrogens (tertiary/aromatic N) is 1. The van der Waals surface area contributed by atoms with Crippen LogP contribution in [-0.2, 0) is 9.59 Å². The summed E-state index contributed by atoms with van der Waals surface area (Å²) in [5, 5.41) is 27.9. The molecule has 2 aromatic rings. The number of aliphatic carboxylic acids is 2. The molecule has 0 atom stereocenters. The molecule has 0 aromatic heterocycles.